The molecule has 0 aliphatic rings. The molecule has 3 aromatic rings. The van der Waals surface area contributed by atoms with Crippen molar-refractivity contribution in [1.82, 2.24) is 10.2 Å². The normalized spacial score (nSPS) is 10.5. The van der Waals surface area contributed by atoms with Crippen LogP contribution in [-0.4, -0.2) is 22.7 Å². The maximum Gasteiger partial charge on any atom is 0.247 e. The molecule has 1 heterocycles. The summed E-state index contributed by atoms with van der Waals surface area (Å²) in [6.07, 6.45) is 0.622. The van der Waals surface area contributed by atoms with Crippen LogP contribution < -0.4 is 10.1 Å². The van der Waals surface area contributed by atoms with Gasteiger partial charge in [-0.2, -0.15) is 0 Å². The highest BCUT2D eigenvalue weighted by Crippen LogP contribution is 2.24. The molecule has 3 rings (SSSR count). The number of benzene rings is 2. The largest absolute Gasteiger partial charge is 0.492 e. The van der Waals surface area contributed by atoms with Crippen molar-refractivity contribution in [2.75, 3.05) is 11.9 Å². The van der Waals surface area contributed by atoms with Crippen LogP contribution in [0.1, 0.15) is 24.8 Å². The van der Waals surface area contributed by atoms with E-state index in [-0.39, 0.29) is 12.3 Å². The molecule has 0 saturated carbocycles. The molecule has 0 saturated heterocycles. The minimum Gasteiger partial charge on any atom is -0.492 e. The Morgan fingerprint density at radius 2 is 1.88 bits per heavy atom. The number of carbonyl (C=O) groups excluding carboxylic acids is 1. The highest BCUT2D eigenvalue weighted by atomic mass is 16.5. The van der Waals surface area contributed by atoms with Crippen LogP contribution in [-0.2, 0) is 11.2 Å². The molecule has 0 radical (unpaired) electrons. The van der Waals surface area contributed by atoms with Gasteiger partial charge < -0.3 is 14.5 Å². The second-order valence-electron chi connectivity index (χ2n) is 5.79. The van der Waals surface area contributed by atoms with Crippen molar-refractivity contribution >= 4 is 11.6 Å². The van der Waals surface area contributed by atoms with Crippen LogP contribution in [0.3, 0.4) is 0 Å². The third-order valence-electron chi connectivity index (χ3n) is 3.87. The van der Waals surface area contributed by atoms with E-state index in [9.17, 15) is 4.79 Å². The second-order valence-corrected chi connectivity index (χ2v) is 5.79. The fraction of sp³-hybridized carbons (Fsp3) is 0.250. The first-order valence-corrected chi connectivity index (χ1v) is 8.57. The van der Waals surface area contributed by atoms with Gasteiger partial charge in [0.1, 0.15) is 5.75 Å². The molecule has 6 nitrogen and oxygen atoms in total. The van der Waals surface area contributed by atoms with Crippen molar-refractivity contribution in [2.45, 2.75) is 26.7 Å². The number of hydrogen-bond acceptors (Lipinski definition) is 5. The average Bonchev–Trinajstić information content (AvgIpc) is 3.11. The van der Waals surface area contributed by atoms with Crippen molar-refractivity contribution in [3.63, 3.8) is 0 Å². The lowest BCUT2D eigenvalue weighted by Gasteiger charge is -2.10. The number of para-hydroxylation sites is 2. The molecule has 0 spiro atoms. The van der Waals surface area contributed by atoms with E-state index < -0.39 is 0 Å². The molecule has 1 amide bonds. The smallest absolute Gasteiger partial charge is 0.247 e. The van der Waals surface area contributed by atoms with Gasteiger partial charge in [0.2, 0.25) is 17.7 Å². The summed E-state index contributed by atoms with van der Waals surface area (Å²) in [6, 6.07) is 15.2. The highest BCUT2D eigenvalue weighted by molar-refractivity contribution is 5.92. The first-order chi connectivity index (χ1) is 12.7. The van der Waals surface area contributed by atoms with E-state index in [1.54, 1.807) is 0 Å². The molecular formula is C20H21N3O3. The lowest BCUT2D eigenvalue weighted by molar-refractivity contribution is -0.116. The third kappa shape index (κ3) is 4.27. The van der Waals surface area contributed by atoms with Crippen molar-refractivity contribution in [3.05, 3.63) is 60.0 Å². The van der Waals surface area contributed by atoms with E-state index in [1.807, 2.05) is 62.4 Å². The van der Waals surface area contributed by atoms with Crippen LogP contribution in [0, 0.1) is 6.92 Å². The van der Waals surface area contributed by atoms with Crippen molar-refractivity contribution in [1.29, 1.82) is 0 Å². The summed E-state index contributed by atoms with van der Waals surface area (Å²) in [6.45, 7) is 4.43. The Hall–Kier alpha value is -3.15. The van der Waals surface area contributed by atoms with Gasteiger partial charge in [-0.05, 0) is 37.6 Å². The SMILES string of the molecule is CCOc1ccccc1NC(=O)CCc1nnc(-c2ccccc2C)o1. The Balaban J connectivity index is 1.60. The molecule has 0 unspecified atom stereocenters. The van der Waals surface area contributed by atoms with Gasteiger partial charge in [0, 0.05) is 18.4 Å². The number of nitrogens with one attached hydrogen (secondary N) is 1. The van der Waals surface area contributed by atoms with Gasteiger partial charge in [0.05, 0.1) is 12.3 Å². The van der Waals surface area contributed by atoms with Crippen molar-refractivity contribution in [3.8, 4) is 17.2 Å². The molecule has 0 atom stereocenters. The van der Waals surface area contributed by atoms with Crippen LogP contribution in [0.25, 0.3) is 11.5 Å². The highest BCUT2D eigenvalue weighted by Gasteiger charge is 2.13. The maximum absolute atomic E-state index is 12.2. The van der Waals surface area contributed by atoms with Crippen molar-refractivity contribution < 1.29 is 13.9 Å². The van der Waals surface area contributed by atoms with E-state index >= 15 is 0 Å². The molecule has 0 aliphatic heterocycles. The van der Waals surface area contributed by atoms with Crippen LogP contribution >= 0.6 is 0 Å². The van der Waals surface area contributed by atoms with Gasteiger partial charge in [-0.1, -0.05) is 30.3 Å². The number of nitrogens with zero attached hydrogens (tertiary/aromatic N) is 2. The van der Waals surface area contributed by atoms with E-state index in [0.29, 0.717) is 36.2 Å². The number of aryl methyl sites for hydroxylation is 2. The minimum atomic E-state index is -0.132. The zero-order valence-electron chi connectivity index (χ0n) is 14.9. The quantitative estimate of drug-likeness (QED) is 0.696. The summed E-state index contributed by atoms with van der Waals surface area (Å²) in [7, 11) is 0. The van der Waals surface area contributed by atoms with E-state index in [1.165, 1.54) is 0 Å². The monoisotopic (exact) mass is 351 g/mol. The van der Waals surface area contributed by atoms with Crippen LogP contribution in [0.2, 0.25) is 0 Å². The number of aromatic nitrogens is 2. The summed E-state index contributed by atoms with van der Waals surface area (Å²) < 4.78 is 11.2. The second kappa shape index (κ2) is 8.29. The molecule has 0 fully saturated rings. The standard InChI is InChI=1S/C20H21N3O3/c1-3-25-17-11-7-6-10-16(17)21-18(24)12-13-19-22-23-20(26-19)15-9-5-4-8-14(15)2/h4-11H,3,12-13H2,1-2H3,(H,21,24). The number of rotatable bonds is 7. The maximum atomic E-state index is 12.2. The van der Waals surface area contributed by atoms with Gasteiger partial charge in [-0.25, -0.2) is 0 Å². The average molecular weight is 351 g/mol. The summed E-state index contributed by atoms with van der Waals surface area (Å²) in [5.74, 6) is 1.44. The lowest BCUT2D eigenvalue weighted by atomic mass is 10.1. The van der Waals surface area contributed by atoms with Crippen LogP contribution in [0.4, 0.5) is 5.69 Å². The fourth-order valence-electron chi connectivity index (χ4n) is 2.56. The molecule has 134 valence electrons. The van der Waals surface area contributed by atoms with E-state index in [2.05, 4.69) is 15.5 Å². The predicted octanol–water partition coefficient (Wildman–Crippen LogP) is 4.02. The van der Waals surface area contributed by atoms with Gasteiger partial charge in [-0.3, -0.25) is 4.79 Å². The van der Waals surface area contributed by atoms with Gasteiger partial charge in [-0.15, -0.1) is 10.2 Å². The van der Waals surface area contributed by atoms with Gasteiger partial charge in [0.25, 0.3) is 0 Å². The Morgan fingerprint density at radius 1 is 1.12 bits per heavy atom. The molecule has 1 aromatic heterocycles. The van der Waals surface area contributed by atoms with Crippen LogP contribution in [0.5, 0.6) is 5.75 Å². The third-order valence-corrected chi connectivity index (χ3v) is 3.87. The van der Waals surface area contributed by atoms with Gasteiger partial charge >= 0.3 is 0 Å². The number of carbonyl (C=O) groups is 1. The number of anilines is 1. The Kier molecular flexibility index (Phi) is 5.63. The lowest BCUT2D eigenvalue weighted by Crippen LogP contribution is -2.13. The Labute approximate surface area is 152 Å². The molecule has 6 heteroatoms. The first-order valence-electron chi connectivity index (χ1n) is 8.57. The minimum absolute atomic E-state index is 0.132. The summed E-state index contributed by atoms with van der Waals surface area (Å²) in [5.41, 5.74) is 2.62. The molecule has 0 aliphatic carbocycles. The summed E-state index contributed by atoms with van der Waals surface area (Å²) >= 11 is 0. The Bertz CT molecular complexity index is 889. The molecular weight excluding hydrogens is 330 g/mol. The first kappa shape index (κ1) is 17.7. The van der Waals surface area contributed by atoms with Crippen LogP contribution in [0.15, 0.2) is 52.9 Å². The fourth-order valence-corrected chi connectivity index (χ4v) is 2.56. The predicted molar refractivity (Wildman–Crippen MR) is 99.0 cm³/mol. The topological polar surface area (TPSA) is 77.2 Å². The van der Waals surface area contributed by atoms with E-state index in [4.69, 9.17) is 9.15 Å². The zero-order chi connectivity index (χ0) is 18.4. The van der Waals surface area contributed by atoms with E-state index in [0.717, 1.165) is 11.1 Å². The molecule has 0 bridgehead atoms. The number of hydrogen-bond donors (Lipinski definition) is 1. The number of amides is 1. The Morgan fingerprint density at radius 3 is 2.69 bits per heavy atom. The number of ether oxygens (including phenoxy) is 1. The van der Waals surface area contributed by atoms with Crippen molar-refractivity contribution in [2.24, 2.45) is 0 Å². The zero-order valence-corrected chi connectivity index (χ0v) is 14.9. The summed E-state index contributed by atoms with van der Waals surface area (Å²) in [5, 5.41) is 11.0. The summed E-state index contributed by atoms with van der Waals surface area (Å²) in [4.78, 5) is 12.2. The molecule has 2 aromatic carbocycles. The molecule has 26 heavy (non-hydrogen) atoms. The molecule has 1 N–H and O–H groups in total. The van der Waals surface area contributed by atoms with Gasteiger partial charge in [0.15, 0.2) is 0 Å².